The third kappa shape index (κ3) is 5.95. The average Bonchev–Trinajstić information content (AvgIpc) is 3.82. The van der Waals surface area contributed by atoms with E-state index in [-0.39, 0.29) is 38.5 Å². The number of esters is 1. The molecule has 2 saturated heterocycles. The van der Waals surface area contributed by atoms with E-state index in [0.29, 0.717) is 21.9 Å². The van der Waals surface area contributed by atoms with Crippen LogP contribution in [-0.4, -0.2) is 103 Å². The van der Waals surface area contributed by atoms with Crippen molar-refractivity contribution >= 4 is 50.7 Å². The zero-order valence-corrected chi connectivity index (χ0v) is 28.4. The van der Waals surface area contributed by atoms with Crippen molar-refractivity contribution in [3.8, 4) is 0 Å². The number of carbonyl (C=O) groups excluding carboxylic acids is 4. The molecule has 2 fully saturated rings. The number of ether oxygens (including phenoxy) is 2. The van der Waals surface area contributed by atoms with Gasteiger partial charge in [0.2, 0.25) is 11.8 Å². The topological polar surface area (TPSA) is 156 Å². The van der Waals surface area contributed by atoms with Crippen LogP contribution in [0.1, 0.15) is 25.3 Å². The summed E-state index contributed by atoms with van der Waals surface area (Å²) in [6.45, 7) is 1.45. The van der Waals surface area contributed by atoms with Gasteiger partial charge in [-0.15, -0.1) is 5.10 Å². The van der Waals surface area contributed by atoms with Gasteiger partial charge in [-0.3, -0.25) is 19.2 Å². The van der Waals surface area contributed by atoms with E-state index in [0.717, 1.165) is 5.56 Å². The second kappa shape index (κ2) is 13.5. The molecular weight excluding hydrogens is 696 g/mol. The Morgan fingerprint density at radius 1 is 1.06 bits per heavy atom. The lowest BCUT2D eigenvalue weighted by atomic mass is 9.74. The highest BCUT2D eigenvalue weighted by atomic mass is 79.9. The Bertz CT molecular complexity index is 1830. The maximum atomic E-state index is 15.2. The molecule has 0 aliphatic carbocycles. The standard InChI is InChI=1S/C35H37BrN6O7/c1-21-18-37-27(44)14-6-3-9-15-40(20-41-26-13-8-7-12-25(26)38-39-41)33(46)31-35-17-24(36)30(49-35)28(34(47)48-21)29(35)32(45)42(31)23(19-43)16-22-10-4-2-5-11-22/h2-5,7-13,17,21,23,28-31,43H,6,14-16,18-20H2,1H3,(H,37,44)/b9-3-/t21-,23+,28+,29-,30+,31+,35-/m0/s1. The lowest BCUT2D eigenvalue weighted by Crippen LogP contribution is -2.59. The van der Waals surface area contributed by atoms with Gasteiger partial charge in [-0.05, 0) is 43.5 Å². The van der Waals surface area contributed by atoms with E-state index in [1.807, 2.05) is 66.7 Å². The van der Waals surface area contributed by atoms with E-state index < -0.39 is 66.1 Å². The number of carbonyl (C=O) groups is 4. The maximum Gasteiger partial charge on any atom is 0.313 e. The first-order valence-electron chi connectivity index (χ1n) is 16.4. The molecule has 0 radical (unpaired) electrons. The van der Waals surface area contributed by atoms with Gasteiger partial charge >= 0.3 is 5.97 Å². The van der Waals surface area contributed by atoms with Gasteiger partial charge in [-0.1, -0.05) is 75.8 Å². The molecule has 1 spiro atoms. The molecule has 3 amide bonds. The van der Waals surface area contributed by atoms with Crippen LogP contribution in [0.2, 0.25) is 0 Å². The molecule has 7 atom stereocenters. The van der Waals surface area contributed by atoms with Crippen molar-refractivity contribution in [1.29, 1.82) is 0 Å². The van der Waals surface area contributed by atoms with E-state index in [9.17, 15) is 19.5 Å². The Morgan fingerprint density at radius 2 is 1.84 bits per heavy atom. The second-order valence-electron chi connectivity index (χ2n) is 12.9. The maximum absolute atomic E-state index is 15.2. The number of aromatic nitrogens is 3. The number of aliphatic hydroxyl groups is 1. The van der Waals surface area contributed by atoms with Crippen LogP contribution in [-0.2, 0) is 41.7 Å². The molecule has 2 N–H and O–H groups in total. The smallest absolute Gasteiger partial charge is 0.313 e. The highest BCUT2D eigenvalue weighted by molar-refractivity contribution is 9.11. The van der Waals surface area contributed by atoms with Crippen molar-refractivity contribution in [1.82, 2.24) is 30.1 Å². The number of hydrogen-bond acceptors (Lipinski definition) is 9. The second-order valence-corrected chi connectivity index (χ2v) is 13.9. The van der Waals surface area contributed by atoms with Crippen LogP contribution in [0.4, 0.5) is 0 Å². The van der Waals surface area contributed by atoms with Crippen molar-refractivity contribution < 1.29 is 33.8 Å². The molecule has 5 bridgehead atoms. The molecule has 4 aliphatic heterocycles. The summed E-state index contributed by atoms with van der Waals surface area (Å²) in [6, 6.07) is 14.8. The molecule has 7 rings (SSSR count). The number of fused-ring (bicyclic) bond motifs is 3. The average molecular weight is 734 g/mol. The van der Waals surface area contributed by atoms with Crippen molar-refractivity contribution in [2.24, 2.45) is 11.8 Å². The van der Waals surface area contributed by atoms with Gasteiger partial charge in [0.25, 0.3) is 5.91 Å². The number of cyclic esters (lactones) is 1. The first-order chi connectivity index (χ1) is 23.7. The van der Waals surface area contributed by atoms with E-state index in [4.69, 9.17) is 9.47 Å². The highest BCUT2D eigenvalue weighted by Crippen LogP contribution is 2.59. The number of likely N-dealkylation sites (tertiary alicyclic amines) is 1. The molecule has 0 unspecified atom stereocenters. The number of benzene rings is 2. The summed E-state index contributed by atoms with van der Waals surface area (Å²) in [4.78, 5) is 59.3. The molecule has 14 heteroatoms. The number of aliphatic hydroxyl groups excluding tert-OH is 1. The predicted octanol–water partition coefficient (Wildman–Crippen LogP) is 2.09. The molecule has 2 aromatic carbocycles. The van der Waals surface area contributed by atoms with Gasteiger partial charge < -0.3 is 29.7 Å². The lowest BCUT2D eigenvalue weighted by molar-refractivity contribution is -0.159. The van der Waals surface area contributed by atoms with Crippen LogP contribution in [0, 0.1) is 11.8 Å². The molecule has 0 saturated carbocycles. The monoisotopic (exact) mass is 732 g/mol. The normalized spacial score (nSPS) is 30.3. The number of nitrogens with zero attached hydrogens (tertiary/aromatic N) is 5. The molecule has 1 aromatic heterocycles. The third-order valence-electron chi connectivity index (χ3n) is 9.76. The highest BCUT2D eigenvalue weighted by Gasteiger charge is 2.75. The van der Waals surface area contributed by atoms with Gasteiger partial charge in [0.15, 0.2) is 0 Å². The first-order valence-corrected chi connectivity index (χ1v) is 17.2. The molecule has 5 heterocycles. The number of amides is 3. The van der Waals surface area contributed by atoms with Crippen LogP contribution in [0.15, 0.2) is 77.3 Å². The van der Waals surface area contributed by atoms with Gasteiger partial charge in [0.05, 0.1) is 30.6 Å². The van der Waals surface area contributed by atoms with Crippen LogP contribution in [0.3, 0.4) is 0 Å². The summed E-state index contributed by atoms with van der Waals surface area (Å²) in [5.41, 5.74) is 0.710. The summed E-state index contributed by atoms with van der Waals surface area (Å²) in [5, 5.41) is 22.2. The van der Waals surface area contributed by atoms with Crippen LogP contribution < -0.4 is 5.32 Å². The zero-order valence-electron chi connectivity index (χ0n) is 26.9. The minimum atomic E-state index is -1.52. The SMILES string of the molecule is C[C@H]1CNC(=O)CC/C=C\CN(Cn2nnc3ccccc32)C(=O)[C@H]2N([C@@H](CO)Cc3ccccc3)C(=O)[C@@H]3[C@@H](C(=O)O1)[C@@H]1O[C@@]32C=C1Br. The van der Waals surface area contributed by atoms with Crippen LogP contribution in [0.25, 0.3) is 11.0 Å². The predicted molar refractivity (Wildman–Crippen MR) is 179 cm³/mol. The minimum absolute atomic E-state index is 0.0107. The van der Waals surface area contributed by atoms with Gasteiger partial charge in [0.1, 0.15) is 42.0 Å². The quantitative estimate of drug-likeness (QED) is 0.286. The molecule has 49 heavy (non-hydrogen) atoms. The zero-order chi connectivity index (χ0) is 34.3. The van der Waals surface area contributed by atoms with Gasteiger partial charge in [0, 0.05) is 17.4 Å². The van der Waals surface area contributed by atoms with Crippen molar-refractivity contribution in [2.45, 2.75) is 62.7 Å². The fraction of sp³-hybridized carbons (Fsp3) is 0.429. The van der Waals surface area contributed by atoms with Crippen molar-refractivity contribution in [2.75, 3.05) is 19.7 Å². The summed E-state index contributed by atoms with van der Waals surface area (Å²) in [7, 11) is 0. The number of halogens is 1. The lowest BCUT2D eigenvalue weighted by Gasteiger charge is -2.38. The Morgan fingerprint density at radius 3 is 2.63 bits per heavy atom. The molecule has 256 valence electrons. The molecule has 4 aliphatic rings. The first kappa shape index (κ1) is 33.1. The third-order valence-corrected chi connectivity index (χ3v) is 10.4. The van der Waals surface area contributed by atoms with E-state index in [1.54, 1.807) is 22.6 Å². The summed E-state index contributed by atoms with van der Waals surface area (Å²) < 4.78 is 14.6. The summed E-state index contributed by atoms with van der Waals surface area (Å²) in [6.07, 6.45) is 4.74. The number of rotatable bonds is 6. The Balaban J connectivity index is 1.34. The van der Waals surface area contributed by atoms with Crippen molar-refractivity contribution in [3.05, 3.63) is 82.9 Å². The summed E-state index contributed by atoms with van der Waals surface area (Å²) >= 11 is 3.57. The largest absolute Gasteiger partial charge is 0.460 e. The molecular formula is C35H37BrN6O7. The Hall–Kier alpha value is -4.40. The Labute approximate surface area is 291 Å². The molecule has 3 aromatic rings. The fourth-order valence-corrected chi connectivity index (χ4v) is 8.24. The minimum Gasteiger partial charge on any atom is -0.460 e. The van der Waals surface area contributed by atoms with E-state index in [1.165, 1.54) is 4.90 Å². The number of nitrogens with one attached hydrogen (secondary N) is 1. The van der Waals surface area contributed by atoms with Crippen LogP contribution >= 0.6 is 15.9 Å². The molecule has 13 nitrogen and oxygen atoms in total. The number of allylic oxidation sites excluding steroid dienone is 1. The Kier molecular flexibility index (Phi) is 9.11. The van der Waals surface area contributed by atoms with Crippen LogP contribution in [0.5, 0.6) is 0 Å². The summed E-state index contributed by atoms with van der Waals surface area (Å²) in [5.74, 6) is -3.95. The fourth-order valence-electron chi connectivity index (χ4n) is 7.51. The van der Waals surface area contributed by atoms with Gasteiger partial charge in [-0.2, -0.15) is 0 Å². The van der Waals surface area contributed by atoms with Crippen molar-refractivity contribution in [3.63, 3.8) is 0 Å². The van der Waals surface area contributed by atoms with E-state index in [2.05, 4.69) is 31.6 Å². The van der Waals surface area contributed by atoms with Gasteiger partial charge in [-0.25, -0.2) is 4.68 Å². The number of hydrogen-bond donors (Lipinski definition) is 2. The number of para-hydroxylation sites is 1. The van der Waals surface area contributed by atoms with E-state index >= 15 is 4.79 Å².